The number of benzene rings is 2. The Morgan fingerprint density at radius 3 is 2.41 bits per heavy atom. The van der Waals surface area contributed by atoms with Crippen LogP contribution < -0.4 is 0 Å². The molecule has 0 amide bonds. The van der Waals surface area contributed by atoms with Gasteiger partial charge in [0.15, 0.2) is 0 Å². The fourth-order valence-electron chi connectivity index (χ4n) is 1.80. The van der Waals surface area contributed by atoms with Crippen LogP contribution in [0.15, 0.2) is 41.4 Å². The fourth-order valence-corrected chi connectivity index (χ4v) is 1.80. The molecule has 0 aliphatic carbocycles. The summed E-state index contributed by atoms with van der Waals surface area (Å²) >= 11 is 0. The van der Waals surface area contributed by atoms with E-state index in [-0.39, 0.29) is 39.3 Å². The molecule has 0 atom stereocenters. The third kappa shape index (κ3) is 3.61. The van der Waals surface area contributed by atoms with Crippen LogP contribution in [0.5, 0.6) is 0 Å². The Morgan fingerprint density at radius 1 is 1.05 bits per heavy atom. The quantitative estimate of drug-likeness (QED) is 0.656. The first-order chi connectivity index (χ1) is 15.2. The summed E-state index contributed by atoms with van der Waals surface area (Å²) in [6.45, 7) is -10.4. The molecule has 3 heteroatoms. The summed E-state index contributed by atoms with van der Waals surface area (Å²) < 4.78 is 91.3. The van der Waals surface area contributed by atoms with Gasteiger partial charge in [0.2, 0.25) is 0 Å². The Hall–Kier alpha value is -2.42. The summed E-state index contributed by atoms with van der Waals surface area (Å²) in [5.41, 5.74) is -1.03. The van der Waals surface area contributed by atoms with Crippen molar-refractivity contribution >= 4 is 17.9 Å². The molecule has 0 bridgehead atoms. The lowest BCUT2D eigenvalue weighted by Crippen LogP contribution is -2.25. The first kappa shape index (κ1) is 6.37. The lowest BCUT2D eigenvalue weighted by molar-refractivity contribution is 0.769. The van der Waals surface area contributed by atoms with Gasteiger partial charge in [0.05, 0.1) is 12.0 Å². The molecule has 2 aromatic carbocycles. The van der Waals surface area contributed by atoms with Gasteiger partial charge in [-0.05, 0) is 44.6 Å². The van der Waals surface area contributed by atoms with Gasteiger partial charge in [-0.1, -0.05) is 41.5 Å². The Labute approximate surface area is 149 Å². The first-order valence-electron chi connectivity index (χ1n) is 12.4. The topological polar surface area (TPSA) is 39.5 Å². The third-order valence-electron chi connectivity index (χ3n) is 2.99. The molecule has 3 nitrogen and oxygen atoms in total. The molecule has 0 saturated heterocycles. The van der Waals surface area contributed by atoms with Crippen molar-refractivity contribution in [2.75, 3.05) is 7.05 Å². The number of hydrogen-bond donors (Lipinski definition) is 1. The van der Waals surface area contributed by atoms with Gasteiger partial charge >= 0.3 is 0 Å². The van der Waals surface area contributed by atoms with Crippen molar-refractivity contribution in [2.24, 2.45) is 4.99 Å². The SMILES string of the molecule is [2H]C([2H])([2H])c1ccc(N=CN(C)C(=N)c2ccc(C([2H])([2H])[2H])cc2C([2H])([2H])[2H])c(C([2H])([2H])[2H])c1. The van der Waals surface area contributed by atoms with Gasteiger partial charge < -0.3 is 4.90 Å². The molecule has 0 aliphatic heterocycles. The number of aliphatic imine (C=N–C) groups is 1. The maximum absolute atomic E-state index is 8.40. The molecule has 2 rings (SSSR count). The second-order valence-corrected chi connectivity index (χ2v) is 4.70. The van der Waals surface area contributed by atoms with Gasteiger partial charge in [-0.2, -0.15) is 0 Å². The predicted molar refractivity (Wildman–Crippen MR) is 94.6 cm³/mol. The molecule has 0 heterocycles. The number of hydrogen-bond acceptors (Lipinski definition) is 2. The van der Waals surface area contributed by atoms with Crippen LogP contribution in [0.4, 0.5) is 5.69 Å². The molecule has 114 valence electrons. The minimum atomic E-state index is -2.69. The van der Waals surface area contributed by atoms with Crippen molar-refractivity contribution in [2.45, 2.75) is 27.4 Å². The fraction of sp³-hybridized carbons (Fsp3) is 0.263. The van der Waals surface area contributed by atoms with E-state index in [1.165, 1.54) is 31.3 Å². The molecular weight excluding hydrogens is 270 g/mol. The van der Waals surface area contributed by atoms with Gasteiger partial charge in [0.1, 0.15) is 5.84 Å². The molecule has 22 heavy (non-hydrogen) atoms. The van der Waals surface area contributed by atoms with Gasteiger partial charge in [0, 0.05) is 29.1 Å². The highest BCUT2D eigenvalue weighted by Gasteiger charge is 2.08. The second kappa shape index (κ2) is 6.56. The van der Waals surface area contributed by atoms with E-state index in [1.807, 2.05) is 0 Å². The maximum Gasteiger partial charge on any atom is 0.133 e. The highest BCUT2D eigenvalue weighted by molar-refractivity contribution is 6.03. The van der Waals surface area contributed by atoms with Crippen LogP contribution in [-0.2, 0) is 0 Å². The summed E-state index contributed by atoms with van der Waals surface area (Å²) in [6, 6.07) is 7.00. The van der Waals surface area contributed by atoms with E-state index in [0.717, 1.165) is 23.4 Å². The number of aryl methyl sites for hydroxylation is 4. The van der Waals surface area contributed by atoms with Gasteiger partial charge in [-0.3, -0.25) is 5.41 Å². The van der Waals surface area contributed by atoms with E-state index in [4.69, 9.17) is 21.9 Å². The predicted octanol–water partition coefficient (Wildman–Crippen LogP) is 4.54. The lowest BCUT2D eigenvalue weighted by atomic mass is 10.0. The normalized spacial score (nSPS) is 21.3. The molecule has 0 aliphatic rings. The molecule has 0 fully saturated rings. The monoisotopic (exact) mass is 305 g/mol. The molecule has 0 unspecified atom stereocenters. The first-order valence-corrected chi connectivity index (χ1v) is 6.39. The molecule has 0 saturated carbocycles. The van der Waals surface area contributed by atoms with Crippen molar-refractivity contribution in [1.82, 2.24) is 4.90 Å². The smallest absolute Gasteiger partial charge is 0.133 e. The van der Waals surface area contributed by atoms with Crippen LogP contribution >= 0.6 is 0 Å². The molecule has 2 aromatic rings. The summed E-state index contributed by atoms with van der Waals surface area (Å²) in [7, 11) is 1.39. The minimum absolute atomic E-state index is 0.0403. The Kier molecular flexibility index (Phi) is 1.90. The van der Waals surface area contributed by atoms with Crippen LogP contribution in [-0.4, -0.2) is 24.1 Å². The van der Waals surface area contributed by atoms with E-state index in [0.29, 0.717) is 0 Å². The molecule has 0 radical (unpaired) electrons. The summed E-state index contributed by atoms with van der Waals surface area (Å²) in [4.78, 5) is 5.22. The summed E-state index contributed by atoms with van der Waals surface area (Å²) in [5.74, 6) is -0.318. The molecule has 1 N–H and O–H groups in total. The van der Waals surface area contributed by atoms with Gasteiger partial charge in [-0.25, -0.2) is 4.99 Å². The Balaban J connectivity index is 2.46. The number of nitrogens with one attached hydrogen (secondary N) is 1. The lowest BCUT2D eigenvalue weighted by Gasteiger charge is -2.17. The van der Waals surface area contributed by atoms with E-state index in [9.17, 15) is 0 Å². The highest BCUT2D eigenvalue weighted by Crippen LogP contribution is 2.19. The van der Waals surface area contributed by atoms with E-state index < -0.39 is 27.4 Å². The summed E-state index contributed by atoms with van der Waals surface area (Å²) in [6.07, 6.45) is 1.10. The van der Waals surface area contributed by atoms with Crippen LogP contribution in [0.25, 0.3) is 0 Å². The maximum atomic E-state index is 8.40. The molecule has 0 aromatic heterocycles. The van der Waals surface area contributed by atoms with E-state index >= 15 is 0 Å². The number of rotatable bonds is 3. The standard InChI is InChI=1S/C19H23N3/c1-13-6-8-17(15(3)10-13)19(20)22(5)12-21-18-9-7-14(2)11-16(18)4/h6-12,20H,1-5H3/i1D3,2D3,3D3,4D3. The minimum Gasteiger partial charge on any atom is -0.320 e. The van der Waals surface area contributed by atoms with Crippen LogP contribution in [0.3, 0.4) is 0 Å². The molecular formula is C19H23N3. The Morgan fingerprint density at radius 2 is 1.73 bits per heavy atom. The Bertz CT molecular complexity index is 1090. The average Bonchev–Trinajstić information content (AvgIpc) is 2.68. The average molecular weight is 305 g/mol. The zero-order valence-corrected chi connectivity index (χ0v) is 11.9. The van der Waals surface area contributed by atoms with Gasteiger partial charge in [-0.15, -0.1) is 0 Å². The van der Waals surface area contributed by atoms with Gasteiger partial charge in [0.25, 0.3) is 0 Å². The number of amidine groups is 1. The van der Waals surface area contributed by atoms with Crippen molar-refractivity contribution in [1.29, 1.82) is 5.41 Å². The zero-order valence-electron chi connectivity index (χ0n) is 23.9. The van der Waals surface area contributed by atoms with Crippen molar-refractivity contribution in [3.05, 3.63) is 64.2 Å². The largest absolute Gasteiger partial charge is 0.320 e. The van der Waals surface area contributed by atoms with Crippen molar-refractivity contribution < 1.29 is 16.4 Å². The van der Waals surface area contributed by atoms with E-state index in [1.54, 1.807) is 0 Å². The highest BCUT2D eigenvalue weighted by atomic mass is 15.2. The van der Waals surface area contributed by atoms with Crippen LogP contribution in [0.1, 0.15) is 44.3 Å². The van der Waals surface area contributed by atoms with Crippen LogP contribution in [0, 0.1) is 32.8 Å². The van der Waals surface area contributed by atoms with Crippen molar-refractivity contribution in [3.8, 4) is 0 Å². The summed E-state index contributed by atoms with van der Waals surface area (Å²) in [5, 5.41) is 8.40. The number of nitrogens with zero attached hydrogens (tertiary/aromatic N) is 2. The third-order valence-corrected chi connectivity index (χ3v) is 2.99. The van der Waals surface area contributed by atoms with Crippen LogP contribution in [0.2, 0.25) is 0 Å². The van der Waals surface area contributed by atoms with Crippen molar-refractivity contribution in [3.63, 3.8) is 0 Å². The molecule has 0 spiro atoms. The zero-order chi connectivity index (χ0) is 26.3. The second-order valence-electron chi connectivity index (χ2n) is 4.70. The van der Waals surface area contributed by atoms with E-state index in [2.05, 4.69) is 4.99 Å².